The summed E-state index contributed by atoms with van der Waals surface area (Å²) >= 11 is 0. The number of allylic oxidation sites excluding steroid dienone is 1. The molecule has 0 atom stereocenters. The molecule has 0 aromatic carbocycles. The molecule has 0 saturated carbocycles. The molecular weight excluding hydrogens is 102 g/mol. The number of hydrogen-bond acceptors (Lipinski definition) is 2. The quantitative estimate of drug-likeness (QED) is 0.179. The first-order valence-corrected chi connectivity index (χ1v) is 2.11. The largest absolute Gasteiger partial charge is 0.315 e. The first-order chi connectivity index (χ1) is 3.81. The number of rotatable bonds is 3. The third-order valence-electron chi connectivity index (χ3n) is 0.541. The Bertz CT molecular complexity index is 115. The van der Waals surface area contributed by atoms with Gasteiger partial charge in [-0.3, -0.25) is 0 Å². The molecule has 0 aliphatic heterocycles. The van der Waals surface area contributed by atoms with Crippen LogP contribution < -0.4 is 11.3 Å². The van der Waals surface area contributed by atoms with E-state index >= 15 is 0 Å². The van der Waals surface area contributed by atoms with Crippen LogP contribution in [-0.4, -0.2) is 6.34 Å². The molecule has 0 saturated heterocycles. The lowest BCUT2D eigenvalue weighted by atomic mass is 10.5. The van der Waals surface area contributed by atoms with Gasteiger partial charge in [0, 0.05) is 0 Å². The molecule has 0 amide bonds. The van der Waals surface area contributed by atoms with E-state index in [2.05, 4.69) is 23.6 Å². The van der Waals surface area contributed by atoms with Crippen LogP contribution in [0.3, 0.4) is 0 Å². The molecule has 3 nitrogen and oxygen atoms in total. The zero-order valence-corrected chi connectivity index (χ0v) is 4.59. The number of aliphatic imine (C=N–C) groups is 1. The van der Waals surface area contributed by atoms with Gasteiger partial charge in [0.1, 0.15) is 6.34 Å². The SMILES string of the molecule is C=CC(=C)N=CNN. The maximum absolute atomic E-state index is 4.86. The molecule has 0 aliphatic rings. The molecule has 8 heavy (non-hydrogen) atoms. The Labute approximate surface area is 48.6 Å². The first-order valence-electron chi connectivity index (χ1n) is 2.11. The minimum Gasteiger partial charge on any atom is -0.315 e. The molecule has 0 spiro atoms. The molecule has 0 aliphatic carbocycles. The van der Waals surface area contributed by atoms with Crippen molar-refractivity contribution in [1.29, 1.82) is 0 Å². The Kier molecular flexibility index (Phi) is 3.52. The van der Waals surface area contributed by atoms with E-state index in [1.807, 2.05) is 0 Å². The average molecular weight is 111 g/mol. The third-order valence-corrected chi connectivity index (χ3v) is 0.541. The predicted octanol–water partition coefficient (Wildman–Crippen LogP) is 0.178. The smallest absolute Gasteiger partial charge is 0.103 e. The monoisotopic (exact) mass is 111 g/mol. The van der Waals surface area contributed by atoms with Crippen molar-refractivity contribution < 1.29 is 0 Å². The minimum atomic E-state index is 0.586. The van der Waals surface area contributed by atoms with E-state index < -0.39 is 0 Å². The lowest BCUT2D eigenvalue weighted by Crippen LogP contribution is -2.18. The lowest BCUT2D eigenvalue weighted by molar-refractivity contribution is 1.05. The van der Waals surface area contributed by atoms with Gasteiger partial charge in [-0.05, 0) is 6.08 Å². The van der Waals surface area contributed by atoms with Gasteiger partial charge in [-0.1, -0.05) is 13.2 Å². The van der Waals surface area contributed by atoms with Gasteiger partial charge in [-0.15, -0.1) is 0 Å². The summed E-state index contributed by atoms with van der Waals surface area (Å²) in [5.74, 6) is 4.86. The van der Waals surface area contributed by atoms with Gasteiger partial charge in [-0.2, -0.15) is 0 Å². The number of hydrogen-bond donors (Lipinski definition) is 2. The Hall–Kier alpha value is -1.09. The summed E-state index contributed by atoms with van der Waals surface area (Å²) in [4.78, 5) is 3.69. The van der Waals surface area contributed by atoms with Crippen molar-refractivity contribution in [1.82, 2.24) is 5.43 Å². The zero-order valence-electron chi connectivity index (χ0n) is 4.59. The lowest BCUT2D eigenvalue weighted by Gasteiger charge is -1.85. The fourth-order valence-electron chi connectivity index (χ4n) is 0.173. The normalized spacial score (nSPS) is 9.12. The summed E-state index contributed by atoms with van der Waals surface area (Å²) in [5.41, 5.74) is 2.82. The number of hydrazine groups is 1. The van der Waals surface area contributed by atoms with Crippen LogP contribution >= 0.6 is 0 Å². The van der Waals surface area contributed by atoms with Crippen molar-refractivity contribution in [3.63, 3.8) is 0 Å². The molecule has 0 aromatic rings. The molecule has 0 aromatic heterocycles. The van der Waals surface area contributed by atoms with E-state index in [9.17, 15) is 0 Å². The van der Waals surface area contributed by atoms with Crippen LogP contribution in [-0.2, 0) is 0 Å². The van der Waals surface area contributed by atoms with E-state index in [0.29, 0.717) is 5.70 Å². The van der Waals surface area contributed by atoms with Crippen LogP contribution in [0.15, 0.2) is 29.9 Å². The second-order valence-electron chi connectivity index (χ2n) is 1.12. The van der Waals surface area contributed by atoms with Gasteiger partial charge in [0.15, 0.2) is 0 Å². The maximum atomic E-state index is 4.86. The van der Waals surface area contributed by atoms with Crippen LogP contribution in [0.2, 0.25) is 0 Å². The Morgan fingerprint density at radius 2 is 2.38 bits per heavy atom. The van der Waals surface area contributed by atoms with Crippen molar-refractivity contribution in [2.24, 2.45) is 10.8 Å². The van der Waals surface area contributed by atoms with E-state index in [1.165, 1.54) is 12.4 Å². The van der Waals surface area contributed by atoms with E-state index in [1.54, 1.807) is 0 Å². The molecule has 44 valence electrons. The molecule has 0 bridgehead atoms. The summed E-state index contributed by atoms with van der Waals surface area (Å²) in [5, 5.41) is 0. The molecule has 3 heteroatoms. The van der Waals surface area contributed by atoms with Crippen LogP contribution in [0.25, 0.3) is 0 Å². The summed E-state index contributed by atoms with van der Waals surface area (Å²) in [6.07, 6.45) is 2.87. The summed E-state index contributed by atoms with van der Waals surface area (Å²) < 4.78 is 0. The van der Waals surface area contributed by atoms with Gasteiger partial charge in [-0.25, -0.2) is 10.8 Å². The summed E-state index contributed by atoms with van der Waals surface area (Å²) in [6, 6.07) is 0. The maximum Gasteiger partial charge on any atom is 0.103 e. The highest BCUT2D eigenvalue weighted by atomic mass is 15.2. The minimum absolute atomic E-state index is 0.586. The molecule has 3 N–H and O–H groups in total. The van der Waals surface area contributed by atoms with Crippen molar-refractivity contribution in [3.05, 3.63) is 24.9 Å². The van der Waals surface area contributed by atoms with E-state index in [-0.39, 0.29) is 0 Å². The van der Waals surface area contributed by atoms with Gasteiger partial charge >= 0.3 is 0 Å². The number of nitrogens with one attached hydrogen (secondary N) is 1. The fraction of sp³-hybridized carbons (Fsp3) is 0. The summed E-state index contributed by atoms with van der Waals surface area (Å²) in [6.45, 7) is 6.93. The third kappa shape index (κ3) is 3.11. The molecule has 0 heterocycles. The second-order valence-corrected chi connectivity index (χ2v) is 1.12. The predicted molar refractivity (Wildman–Crippen MR) is 35.2 cm³/mol. The number of nitrogens with two attached hydrogens (primary N) is 1. The van der Waals surface area contributed by atoms with Crippen molar-refractivity contribution in [2.75, 3.05) is 0 Å². The summed E-state index contributed by atoms with van der Waals surface area (Å²) in [7, 11) is 0. The number of nitrogens with zero attached hydrogens (tertiary/aromatic N) is 1. The van der Waals surface area contributed by atoms with Crippen molar-refractivity contribution >= 4 is 6.34 Å². The van der Waals surface area contributed by atoms with Crippen molar-refractivity contribution in [2.45, 2.75) is 0 Å². The Morgan fingerprint density at radius 1 is 1.75 bits per heavy atom. The van der Waals surface area contributed by atoms with Crippen LogP contribution in [0.4, 0.5) is 0 Å². The second kappa shape index (κ2) is 4.08. The van der Waals surface area contributed by atoms with Crippen LogP contribution in [0.5, 0.6) is 0 Å². The van der Waals surface area contributed by atoms with Gasteiger partial charge in [0.2, 0.25) is 0 Å². The topological polar surface area (TPSA) is 50.4 Å². The molecule has 0 radical (unpaired) electrons. The highest BCUT2D eigenvalue weighted by Gasteiger charge is 1.72. The van der Waals surface area contributed by atoms with Gasteiger partial charge < -0.3 is 5.43 Å². The zero-order chi connectivity index (χ0) is 6.41. The van der Waals surface area contributed by atoms with Gasteiger partial charge in [0.05, 0.1) is 5.70 Å². The highest BCUT2D eigenvalue weighted by Crippen LogP contribution is 1.87. The molecule has 0 fully saturated rings. The average Bonchev–Trinajstić information content (AvgIpc) is 1.83. The molecular formula is C5H9N3. The van der Waals surface area contributed by atoms with Crippen molar-refractivity contribution in [3.8, 4) is 0 Å². The van der Waals surface area contributed by atoms with E-state index in [0.717, 1.165) is 0 Å². The van der Waals surface area contributed by atoms with Crippen LogP contribution in [0.1, 0.15) is 0 Å². The molecule has 0 unspecified atom stereocenters. The van der Waals surface area contributed by atoms with Gasteiger partial charge in [0.25, 0.3) is 0 Å². The fourth-order valence-corrected chi connectivity index (χ4v) is 0.173. The standard InChI is InChI=1S/C5H9N3/c1-3-5(2)7-4-8-6/h3-4H,1-2,6H2,(H,7,8). The highest BCUT2D eigenvalue weighted by molar-refractivity contribution is 5.55. The molecule has 0 rings (SSSR count). The van der Waals surface area contributed by atoms with E-state index in [4.69, 9.17) is 5.84 Å². The first kappa shape index (κ1) is 6.91. The van der Waals surface area contributed by atoms with Crippen LogP contribution in [0, 0.1) is 0 Å². The Balaban J connectivity index is 3.52. The Morgan fingerprint density at radius 3 is 2.75 bits per heavy atom.